The summed E-state index contributed by atoms with van der Waals surface area (Å²) in [6, 6.07) is 0. The molecule has 1 aliphatic rings. The van der Waals surface area contributed by atoms with Gasteiger partial charge in [0.25, 0.3) is 0 Å². The molecule has 1 amide bonds. The van der Waals surface area contributed by atoms with Gasteiger partial charge in [-0.25, -0.2) is 0 Å². The summed E-state index contributed by atoms with van der Waals surface area (Å²) in [4.78, 5) is 11.3. The summed E-state index contributed by atoms with van der Waals surface area (Å²) in [5.74, 6) is 1.83. The Morgan fingerprint density at radius 3 is 2.53 bits per heavy atom. The van der Waals surface area contributed by atoms with Crippen molar-refractivity contribution in [1.29, 1.82) is 0 Å². The van der Waals surface area contributed by atoms with Crippen molar-refractivity contribution in [2.45, 2.75) is 58.8 Å². The summed E-state index contributed by atoms with van der Waals surface area (Å²) >= 11 is 0. The molecule has 0 aliphatic heterocycles. The van der Waals surface area contributed by atoms with Crippen LogP contribution >= 0.6 is 0 Å². The maximum Gasteiger partial charge on any atom is 0.246 e. The zero-order valence-corrected chi connectivity index (χ0v) is 11.4. The molecule has 0 aromatic carbocycles. The summed E-state index contributed by atoms with van der Waals surface area (Å²) in [5.41, 5.74) is 0.606. The van der Waals surface area contributed by atoms with Crippen molar-refractivity contribution in [2.75, 3.05) is 6.54 Å². The van der Waals surface area contributed by atoms with Crippen LogP contribution in [0, 0.1) is 11.8 Å². The summed E-state index contributed by atoms with van der Waals surface area (Å²) in [5, 5.41) is 2.92. The first-order valence-electron chi connectivity index (χ1n) is 7.08. The van der Waals surface area contributed by atoms with E-state index in [-0.39, 0.29) is 5.91 Å². The molecule has 17 heavy (non-hydrogen) atoms. The first-order valence-corrected chi connectivity index (χ1v) is 7.08. The molecular formula is C15H27NO. The van der Waals surface area contributed by atoms with E-state index in [0.717, 1.165) is 24.8 Å². The maximum absolute atomic E-state index is 11.3. The zero-order valence-electron chi connectivity index (χ0n) is 11.4. The average Bonchev–Trinajstić information content (AvgIpc) is 2.34. The Balaban J connectivity index is 2.16. The molecule has 98 valence electrons. The van der Waals surface area contributed by atoms with Gasteiger partial charge in [-0.1, -0.05) is 45.6 Å². The van der Waals surface area contributed by atoms with Crippen LogP contribution in [0.15, 0.2) is 12.2 Å². The molecule has 2 atom stereocenters. The van der Waals surface area contributed by atoms with Gasteiger partial charge in [0, 0.05) is 12.1 Å². The largest absolute Gasteiger partial charge is 0.352 e. The summed E-state index contributed by atoms with van der Waals surface area (Å²) in [6.45, 7) is 8.51. The van der Waals surface area contributed by atoms with Gasteiger partial charge in [-0.05, 0) is 31.6 Å². The van der Waals surface area contributed by atoms with Gasteiger partial charge in [-0.3, -0.25) is 4.79 Å². The summed E-state index contributed by atoms with van der Waals surface area (Å²) in [6.07, 6.45) is 9.34. The number of hydrogen-bond donors (Lipinski definition) is 1. The number of carbonyl (C=O) groups excluding carboxylic acids is 1. The number of nitrogens with one attached hydrogen (secondary N) is 1. The Morgan fingerprint density at radius 2 is 1.94 bits per heavy atom. The fraction of sp³-hybridized carbons (Fsp3) is 0.800. The van der Waals surface area contributed by atoms with Crippen LogP contribution < -0.4 is 5.32 Å². The van der Waals surface area contributed by atoms with E-state index >= 15 is 0 Å². The molecule has 0 heterocycles. The van der Waals surface area contributed by atoms with Crippen molar-refractivity contribution in [3.8, 4) is 0 Å². The minimum atomic E-state index is 0.000635. The first-order chi connectivity index (χ1) is 8.15. The van der Waals surface area contributed by atoms with Crippen molar-refractivity contribution in [2.24, 2.45) is 11.8 Å². The molecule has 0 bridgehead atoms. The van der Waals surface area contributed by atoms with Crippen molar-refractivity contribution in [3.63, 3.8) is 0 Å². The second-order valence-electron chi connectivity index (χ2n) is 5.39. The molecule has 0 spiro atoms. The molecule has 0 aromatic rings. The molecule has 2 heteroatoms. The normalized spacial score (nSPS) is 24.4. The predicted molar refractivity (Wildman–Crippen MR) is 72.8 cm³/mol. The van der Waals surface area contributed by atoms with Crippen molar-refractivity contribution < 1.29 is 4.79 Å². The second kappa shape index (κ2) is 7.52. The molecule has 0 saturated heterocycles. The van der Waals surface area contributed by atoms with E-state index < -0.39 is 0 Å². The van der Waals surface area contributed by atoms with E-state index in [4.69, 9.17) is 0 Å². The van der Waals surface area contributed by atoms with Crippen LogP contribution in [-0.4, -0.2) is 12.5 Å². The minimum Gasteiger partial charge on any atom is -0.352 e. The third kappa shape index (κ3) is 4.93. The fourth-order valence-corrected chi connectivity index (χ4v) is 2.92. The number of amides is 1. The monoisotopic (exact) mass is 237 g/mol. The highest BCUT2D eigenvalue weighted by Gasteiger charge is 2.22. The van der Waals surface area contributed by atoms with Gasteiger partial charge in [-0.15, -0.1) is 0 Å². The van der Waals surface area contributed by atoms with Gasteiger partial charge in [0.15, 0.2) is 0 Å². The zero-order chi connectivity index (χ0) is 12.7. The Morgan fingerprint density at radius 1 is 1.29 bits per heavy atom. The molecule has 1 fully saturated rings. The predicted octanol–water partition coefficient (Wildman–Crippen LogP) is 3.68. The Labute approximate surface area is 106 Å². The molecule has 2 nitrogen and oxygen atoms in total. The smallest absolute Gasteiger partial charge is 0.246 e. The van der Waals surface area contributed by atoms with E-state index in [1.54, 1.807) is 6.92 Å². The van der Waals surface area contributed by atoms with Gasteiger partial charge in [0.1, 0.15) is 0 Å². The van der Waals surface area contributed by atoms with Gasteiger partial charge in [0.05, 0.1) is 0 Å². The molecule has 1 aliphatic carbocycles. The Kier molecular flexibility index (Phi) is 6.31. The quantitative estimate of drug-likeness (QED) is 0.554. The molecular weight excluding hydrogens is 210 g/mol. The molecule has 0 aromatic heterocycles. The standard InChI is InChI=1S/C15H27NO/c1-4-13-8-5-6-9-14(13)10-7-11-16-15(17)12(2)3/h13-14H,2,4-11H2,1,3H3,(H,16,17). The number of hydrogen-bond acceptors (Lipinski definition) is 1. The number of rotatable bonds is 6. The van der Waals surface area contributed by atoms with E-state index in [1.165, 1.54) is 38.5 Å². The van der Waals surface area contributed by atoms with Crippen LogP contribution in [0.3, 0.4) is 0 Å². The van der Waals surface area contributed by atoms with Crippen LogP contribution in [0.5, 0.6) is 0 Å². The lowest BCUT2D eigenvalue weighted by Gasteiger charge is -2.30. The van der Waals surface area contributed by atoms with Crippen molar-refractivity contribution in [3.05, 3.63) is 12.2 Å². The highest BCUT2D eigenvalue weighted by molar-refractivity contribution is 5.91. The average molecular weight is 237 g/mol. The molecule has 2 unspecified atom stereocenters. The SMILES string of the molecule is C=C(C)C(=O)NCCCC1CCCCC1CC. The topological polar surface area (TPSA) is 29.1 Å². The molecule has 1 N–H and O–H groups in total. The van der Waals surface area contributed by atoms with E-state index in [0.29, 0.717) is 5.57 Å². The lowest BCUT2D eigenvalue weighted by atomic mass is 9.76. The van der Waals surface area contributed by atoms with Crippen LogP contribution in [0.4, 0.5) is 0 Å². The minimum absolute atomic E-state index is 0.000635. The van der Waals surface area contributed by atoms with Gasteiger partial charge in [-0.2, -0.15) is 0 Å². The highest BCUT2D eigenvalue weighted by atomic mass is 16.1. The first kappa shape index (κ1) is 14.3. The highest BCUT2D eigenvalue weighted by Crippen LogP contribution is 2.34. The third-order valence-electron chi connectivity index (χ3n) is 4.02. The van der Waals surface area contributed by atoms with E-state index in [9.17, 15) is 4.79 Å². The van der Waals surface area contributed by atoms with Gasteiger partial charge in [0.2, 0.25) is 5.91 Å². The van der Waals surface area contributed by atoms with Crippen LogP contribution in [0.2, 0.25) is 0 Å². The third-order valence-corrected chi connectivity index (χ3v) is 4.02. The van der Waals surface area contributed by atoms with Crippen molar-refractivity contribution in [1.82, 2.24) is 5.32 Å². The molecule has 1 rings (SSSR count). The molecule has 1 saturated carbocycles. The Bertz CT molecular complexity index is 260. The van der Waals surface area contributed by atoms with Gasteiger partial charge >= 0.3 is 0 Å². The summed E-state index contributed by atoms with van der Waals surface area (Å²) < 4.78 is 0. The molecule has 0 radical (unpaired) electrons. The van der Waals surface area contributed by atoms with E-state index in [2.05, 4.69) is 18.8 Å². The van der Waals surface area contributed by atoms with Crippen LogP contribution in [-0.2, 0) is 4.79 Å². The summed E-state index contributed by atoms with van der Waals surface area (Å²) in [7, 11) is 0. The maximum atomic E-state index is 11.3. The van der Waals surface area contributed by atoms with E-state index in [1.807, 2.05) is 0 Å². The number of carbonyl (C=O) groups is 1. The van der Waals surface area contributed by atoms with Crippen molar-refractivity contribution >= 4 is 5.91 Å². The lowest BCUT2D eigenvalue weighted by Crippen LogP contribution is -2.26. The van der Waals surface area contributed by atoms with Gasteiger partial charge < -0.3 is 5.32 Å². The fourth-order valence-electron chi connectivity index (χ4n) is 2.92. The van der Waals surface area contributed by atoms with Crippen LogP contribution in [0.1, 0.15) is 58.8 Å². The lowest BCUT2D eigenvalue weighted by molar-refractivity contribution is -0.117. The Hall–Kier alpha value is -0.790. The second-order valence-corrected chi connectivity index (χ2v) is 5.39. The van der Waals surface area contributed by atoms with Crippen LogP contribution in [0.25, 0.3) is 0 Å².